The summed E-state index contributed by atoms with van der Waals surface area (Å²) in [7, 11) is -3.90. The minimum absolute atomic E-state index is 0.0650. The molecule has 2 aliphatic carbocycles. The Morgan fingerprint density at radius 1 is 1.20 bits per heavy atom. The number of fused-ring (bicyclic) bond motifs is 10. The lowest BCUT2D eigenvalue weighted by Gasteiger charge is -2.30. The molecule has 5 amide bonds. The number of ether oxygens (including phenoxy) is 2. The Hall–Kier alpha value is -4.40. The van der Waals surface area contributed by atoms with Crippen LogP contribution < -0.4 is 15.4 Å². The van der Waals surface area contributed by atoms with Gasteiger partial charge in [-0.2, -0.15) is 0 Å². The van der Waals surface area contributed by atoms with Crippen molar-refractivity contribution >= 4 is 46.0 Å². The first-order valence-corrected chi connectivity index (χ1v) is 19.5. The predicted octanol–water partition coefficient (Wildman–Crippen LogP) is 2.91. The van der Waals surface area contributed by atoms with E-state index in [9.17, 15) is 32.4 Å². The fourth-order valence-corrected chi connectivity index (χ4v) is 8.55. The minimum atomic E-state index is -3.90. The van der Waals surface area contributed by atoms with Gasteiger partial charge in [-0.15, -0.1) is 6.58 Å². The van der Waals surface area contributed by atoms with Crippen molar-refractivity contribution in [3.63, 3.8) is 0 Å². The lowest BCUT2D eigenvalue weighted by molar-refractivity contribution is -0.141. The Morgan fingerprint density at radius 2 is 2.00 bits per heavy atom. The average molecular weight is 726 g/mol. The first-order valence-electron chi connectivity index (χ1n) is 17.9. The second kappa shape index (κ2) is 15.1. The van der Waals surface area contributed by atoms with Gasteiger partial charge in [-0.25, -0.2) is 18.0 Å². The van der Waals surface area contributed by atoms with Crippen LogP contribution in [0.3, 0.4) is 0 Å². The van der Waals surface area contributed by atoms with Crippen molar-refractivity contribution in [1.82, 2.24) is 25.2 Å². The maximum absolute atomic E-state index is 14.2. The number of sulfonamides is 1. The first-order chi connectivity index (χ1) is 24.5. The van der Waals surface area contributed by atoms with Crippen LogP contribution in [0.15, 0.2) is 36.9 Å². The van der Waals surface area contributed by atoms with Crippen LogP contribution in [0.5, 0.6) is 0 Å². The number of hydrogen-bond acceptors (Lipinski definition) is 9. The van der Waals surface area contributed by atoms with Gasteiger partial charge in [0.05, 0.1) is 18.4 Å². The number of allylic oxidation sites excluding steroid dienone is 1. The third-order valence-electron chi connectivity index (χ3n) is 10.4. The van der Waals surface area contributed by atoms with E-state index in [-0.39, 0.29) is 32.4 Å². The molecule has 3 fully saturated rings. The molecule has 6 aliphatic rings. The highest BCUT2D eigenvalue weighted by molar-refractivity contribution is 7.91. The molecule has 2 saturated carbocycles. The van der Waals surface area contributed by atoms with Crippen molar-refractivity contribution in [1.29, 1.82) is 0 Å². The molecule has 1 aromatic carbocycles. The van der Waals surface area contributed by atoms with Gasteiger partial charge in [0.15, 0.2) is 0 Å². The average Bonchev–Trinajstić information content (AvgIpc) is 4.04. The molecule has 0 spiro atoms. The van der Waals surface area contributed by atoms with Gasteiger partial charge < -0.3 is 29.9 Å². The summed E-state index contributed by atoms with van der Waals surface area (Å²) in [5.41, 5.74) is 1.66. The summed E-state index contributed by atoms with van der Waals surface area (Å²) < 4.78 is 38.8. The normalized spacial score (nSPS) is 28.9. The molecule has 51 heavy (non-hydrogen) atoms. The van der Waals surface area contributed by atoms with E-state index in [1.807, 2.05) is 37.3 Å². The van der Waals surface area contributed by atoms with Crippen molar-refractivity contribution in [2.75, 3.05) is 19.7 Å². The van der Waals surface area contributed by atoms with Gasteiger partial charge in [-0.1, -0.05) is 56.2 Å². The summed E-state index contributed by atoms with van der Waals surface area (Å²) >= 11 is 0. The van der Waals surface area contributed by atoms with E-state index in [1.165, 1.54) is 11.0 Å². The van der Waals surface area contributed by atoms with Crippen LogP contribution in [0.25, 0.3) is 6.08 Å². The Balaban J connectivity index is 1.26. The van der Waals surface area contributed by atoms with E-state index in [0.717, 1.165) is 23.1 Å². The lowest BCUT2D eigenvalue weighted by atomic mass is 9.94. The third kappa shape index (κ3) is 8.08. The number of hydrogen-bond donors (Lipinski definition) is 3. The zero-order chi connectivity index (χ0) is 36.3. The van der Waals surface area contributed by atoms with Crippen molar-refractivity contribution in [2.45, 2.75) is 107 Å². The number of nitrogens with zero attached hydrogens (tertiary/aromatic N) is 2. The summed E-state index contributed by atoms with van der Waals surface area (Å²) in [6.45, 7) is 6.49. The van der Waals surface area contributed by atoms with Crippen LogP contribution >= 0.6 is 0 Å². The van der Waals surface area contributed by atoms with Crippen LogP contribution in [-0.4, -0.2) is 96.8 Å². The molecule has 6 bridgehead atoms. The van der Waals surface area contributed by atoms with E-state index >= 15 is 0 Å². The molecule has 0 radical (unpaired) electrons. The Bertz CT molecular complexity index is 1710. The zero-order valence-electron chi connectivity index (χ0n) is 28.9. The number of rotatable bonds is 9. The van der Waals surface area contributed by atoms with Crippen LogP contribution in [0.1, 0.15) is 81.4 Å². The van der Waals surface area contributed by atoms with E-state index in [1.54, 1.807) is 4.90 Å². The highest BCUT2D eigenvalue weighted by Gasteiger charge is 2.62. The fraction of sp³-hybridized carbons (Fsp3) is 0.583. The first kappa shape index (κ1) is 36.4. The van der Waals surface area contributed by atoms with E-state index in [0.29, 0.717) is 51.6 Å². The fourth-order valence-electron chi connectivity index (χ4n) is 7.19. The van der Waals surface area contributed by atoms with Crippen molar-refractivity contribution < 1.29 is 41.9 Å². The van der Waals surface area contributed by atoms with E-state index < -0.39 is 74.8 Å². The molecular weight excluding hydrogens is 678 g/mol. The summed E-state index contributed by atoms with van der Waals surface area (Å²) in [6.07, 6.45) is 7.80. The van der Waals surface area contributed by atoms with Gasteiger partial charge >= 0.3 is 12.2 Å². The molecule has 4 heterocycles. The summed E-state index contributed by atoms with van der Waals surface area (Å²) in [4.78, 5) is 71.0. The second-order valence-electron chi connectivity index (χ2n) is 14.1. The number of amides is 5. The SMILES string of the molecule is C=C[C@H]1C[C@]1(NC(=O)[C@@H]1C[C@@H]2CN1C(=O)[C@H](CCCC)NC(=O)OCCC/C=C/c1cccc3c1CCN(C3)C(=O)O2)C(=O)NS(=O)(=O)C1CC1. The standard InChI is InChI=1S/C36H47N5O9S/c1-3-5-13-29-32(43)41-22-26(19-30(41)31(42)38-36(20-25(36)4-2)33(44)39-51(47,48)27-14-15-27)50-35(46)40-17-16-28-23(11-9-12-24(28)21-40)10-7-6-8-18-49-34(45)37-29/h4,7,9-12,25-27,29-30H,2-3,5-6,8,13-22H2,1H3,(H,37,45)(H,38,42)(H,39,44)/b10-7+/t25-,26+,29-,30-,36+/m0/s1. The number of alkyl carbamates (subject to hydrolysis) is 1. The van der Waals surface area contributed by atoms with Gasteiger partial charge in [0.25, 0.3) is 5.91 Å². The third-order valence-corrected chi connectivity index (χ3v) is 12.2. The quantitative estimate of drug-likeness (QED) is 0.323. The Labute approximate surface area is 298 Å². The van der Waals surface area contributed by atoms with Gasteiger partial charge in [-0.3, -0.25) is 19.1 Å². The molecule has 1 saturated heterocycles. The highest BCUT2D eigenvalue weighted by atomic mass is 32.2. The van der Waals surface area contributed by atoms with Crippen molar-refractivity contribution in [2.24, 2.45) is 5.92 Å². The minimum Gasteiger partial charge on any atom is -0.450 e. The molecule has 14 nitrogen and oxygen atoms in total. The Kier molecular flexibility index (Phi) is 10.7. The molecule has 0 aromatic heterocycles. The van der Waals surface area contributed by atoms with Crippen molar-refractivity contribution in [3.8, 4) is 0 Å². The Morgan fingerprint density at radius 3 is 2.73 bits per heavy atom. The molecular formula is C36H47N5O9S. The maximum Gasteiger partial charge on any atom is 0.410 e. The van der Waals surface area contributed by atoms with Crippen LogP contribution in [0.2, 0.25) is 0 Å². The zero-order valence-corrected chi connectivity index (χ0v) is 29.8. The van der Waals surface area contributed by atoms with Gasteiger partial charge in [0.2, 0.25) is 21.8 Å². The smallest absolute Gasteiger partial charge is 0.410 e. The molecule has 1 aromatic rings. The topological polar surface area (TPSA) is 181 Å². The van der Waals surface area contributed by atoms with E-state index in [4.69, 9.17) is 9.47 Å². The highest BCUT2D eigenvalue weighted by Crippen LogP contribution is 2.45. The molecule has 3 N–H and O–H groups in total. The number of benzene rings is 1. The monoisotopic (exact) mass is 725 g/mol. The lowest BCUT2D eigenvalue weighted by Crippen LogP contribution is -2.58. The number of nitrogens with one attached hydrogen (secondary N) is 3. The van der Waals surface area contributed by atoms with Crippen LogP contribution in [0, 0.1) is 5.92 Å². The molecule has 7 rings (SSSR count). The number of unbranched alkanes of at least 4 members (excludes halogenated alkanes) is 1. The molecule has 4 aliphatic heterocycles. The number of carbonyl (C=O) groups is 5. The van der Waals surface area contributed by atoms with E-state index in [2.05, 4.69) is 21.9 Å². The van der Waals surface area contributed by atoms with Crippen LogP contribution in [-0.2, 0) is 46.8 Å². The summed E-state index contributed by atoms with van der Waals surface area (Å²) in [6, 6.07) is 3.74. The summed E-state index contributed by atoms with van der Waals surface area (Å²) in [5, 5.41) is 4.78. The molecule has 5 atom stereocenters. The number of carbonyl (C=O) groups excluding carboxylic acids is 5. The molecule has 0 unspecified atom stereocenters. The summed E-state index contributed by atoms with van der Waals surface area (Å²) in [5.74, 6) is -2.64. The second-order valence-corrected chi connectivity index (χ2v) is 16.1. The van der Waals surface area contributed by atoms with Crippen LogP contribution in [0.4, 0.5) is 9.59 Å². The van der Waals surface area contributed by atoms with Crippen molar-refractivity contribution in [3.05, 3.63) is 53.6 Å². The van der Waals surface area contributed by atoms with Gasteiger partial charge in [0.1, 0.15) is 23.7 Å². The van der Waals surface area contributed by atoms with Gasteiger partial charge in [-0.05, 0) is 61.6 Å². The van der Waals surface area contributed by atoms with Gasteiger partial charge in [0, 0.05) is 25.4 Å². The molecule has 276 valence electrons. The maximum atomic E-state index is 14.2. The molecule has 15 heteroatoms. The predicted molar refractivity (Wildman–Crippen MR) is 186 cm³/mol. The largest absolute Gasteiger partial charge is 0.450 e.